The van der Waals surface area contributed by atoms with Gasteiger partial charge in [0.25, 0.3) is 0 Å². The van der Waals surface area contributed by atoms with Gasteiger partial charge in [0.05, 0.1) is 0 Å². The van der Waals surface area contributed by atoms with Crippen LogP contribution in [0.1, 0.15) is 30.1 Å². The van der Waals surface area contributed by atoms with Crippen molar-refractivity contribution in [3.05, 3.63) is 60.2 Å². The molecule has 19 heavy (non-hydrogen) atoms. The lowest BCUT2D eigenvalue weighted by atomic mass is 9.94. The summed E-state index contributed by atoms with van der Waals surface area (Å²) in [6.45, 7) is 2.06. The van der Waals surface area contributed by atoms with Crippen molar-refractivity contribution < 1.29 is 4.79 Å². The van der Waals surface area contributed by atoms with Crippen molar-refractivity contribution in [1.29, 1.82) is 0 Å². The minimum Gasteiger partial charge on any atom is -0.294 e. The van der Waals surface area contributed by atoms with Gasteiger partial charge in [-0.25, -0.2) is 0 Å². The maximum atomic E-state index is 12.3. The van der Waals surface area contributed by atoms with E-state index in [0.717, 1.165) is 11.1 Å². The first-order chi connectivity index (χ1) is 9.25. The topological polar surface area (TPSA) is 17.1 Å². The van der Waals surface area contributed by atoms with Crippen molar-refractivity contribution in [3.63, 3.8) is 0 Å². The van der Waals surface area contributed by atoms with Crippen LogP contribution >= 0.6 is 0 Å². The van der Waals surface area contributed by atoms with Crippen LogP contribution in [-0.4, -0.2) is 5.78 Å². The molecular formula is C18H18O. The summed E-state index contributed by atoms with van der Waals surface area (Å²) in [5, 5.41) is 0. The monoisotopic (exact) mass is 250 g/mol. The predicted molar refractivity (Wildman–Crippen MR) is 78.1 cm³/mol. The molecule has 2 aromatic rings. The van der Waals surface area contributed by atoms with Crippen molar-refractivity contribution >= 4 is 5.78 Å². The number of hydrogen-bond acceptors (Lipinski definition) is 1. The third-order valence-corrected chi connectivity index (χ3v) is 4.02. The SMILES string of the molecule is CC(C(=O)c1ccc(-c2ccccc2)cc1)C1CC1. The molecule has 0 amide bonds. The van der Waals surface area contributed by atoms with E-state index < -0.39 is 0 Å². The summed E-state index contributed by atoms with van der Waals surface area (Å²) in [4.78, 5) is 12.3. The first-order valence-corrected chi connectivity index (χ1v) is 6.95. The molecule has 1 fully saturated rings. The Morgan fingerprint density at radius 1 is 0.947 bits per heavy atom. The highest BCUT2D eigenvalue weighted by Gasteiger charge is 2.32. The molecule has 1 saturated carbocycles. The normalized spacial score (nSPS) is 16.1. The Morgan fingerprint density at radius 2 is 1.53 bits per heavy atom. The van der Waals surface area contributed by atoms with Gasteiger partial charge < -0.3 is 0 Å². The fraction of sp³-hybridized carbons (Fsp3) is 0.278. The van der Waals surface area contributed by atoms with Crippen LogP contribution in [0.25, 0.3) is 11.1 Å². The first-order valence-electron chi connectivity index (χ1n) is 6.95. The summed E-state index contributed by atoms with van der Waals surface area (Å²) in [7, 11) is 0. The number of carbonyl (C=O) groups is 1. The van der Waals surface area contributed by atoms with Crippen molar-refractivity contribution in [1.82, 2.24) is 0 Å². The minimum atomic E-state index is 0.183. The van der Waals surface area contributed by atoms with Crippen LogP contribution in [0.2, 0.25) is 0 Å². The summed E-state index contributed by atoms with van der Waals surface area (Å²) in [5.41, 5.74) is 3.20. The average Bonchev–Trinajstić information content (AvgIpc) is 3.31. The molecule has 1 heteroatoms. The van der Waals surface area contributed by atoms with E-state index in [1.807, 2.05) is 42.5 Å². The van der Waals surface area contributed by atoms with Crippen LogP contribution in [0.3, 0.4) is 0 Å². The zero-order valence-corrected chi connectivity index (χ0v) is 11.2. The standard InChI is InChI=1S/C18H18O/c1-13(14-7-8-14)18(19)17-11-9-16(10-12-17)15-5-3-2-4-6-15/h2-6,9-14H,7-8H2,1H3. The van der Waals surface area contributed by atoms with E-state index in [4.69, 9.17) is 0 Å². The largest absolute Gasteiger partial charge is 0.294 e. The lowest BCUT2D eigenvalue weighted by molar-refractivity contribution is 0.0916. The highest BCUT2D eigenvalue weighted by Crippen LogP contribution is 2.38. The van der Waals surface area contributed by atoms with Crippen molar-refractivity contribution in [2.75, 3.05) is 0 Å². The zero-order valence-electron chi connectivity index (χ0n) is 11.2. The fourth-order valence-corrected chi connectivity index (χ4v) is 2.53. The highest BCUT2D eigenvalue weighted by molar-refractivity contribution is 5.98. The van der Waals surface area contributed by atoms with Gasteiger partial charge in [0.15, 0.2) is 5.78 Å². The van der Waals surface area contributed by atoms with Gasteiger partial charge in [-0.3, -0.25) is 4.79 Å². The lowest BCUT2D eigenvalue weighted by Crippen LogP contribution is -2.12. The Balaban J connectivity index is 1.81. The Morgan fingerprint density at radius 3 is 2.11 bits per heavy atom. The summed E-state index contributed by atoms with van der Waals surface area (Å²) in [6, 6.07) is 18.3. The molecule has 0 radical (unpaired) electrons. The molecule has 0 N–H and O–H groups in total. The molecule has 2 aromatic carbocycles. The second kappa shape index (κ2) is 5.00. The molecule has 1 atom stereocenters. The molecule has 0 heterocycles. The van der Waals surface area contributed by atoms with Crippen LogP contribution in [0.4, 0.5) is 0 Å². The third-order valence-electron chi connectivity index (χ3n) is 4.02. The van der Waals surface area contributed by atoms with Gasteiger partial charge >= 0.3 is 0 Å². The zero-order chi connectivity index (χ0) is 13.2. The van der Waals surface area contributed by atoms with Gasteiger partial charge in [-0.1, -0.05) is 61.5 Å². The fourth-order valence-electron chi connectivity index (χ4n) is 2.53. The molecule has 1 aliphatic rings. The summed E-state index contributed by atoms with van der Waals surface area (Å²) in [6.07, 6.45) is 2.43. The molecule has 0 spiro atoms. The Hall–Kier alpha value is -1.89. The molecular weight excluding hydrogens is 232 g/mol. The van der Waals surface area contributed by atoms with Crippen molar-refractivity contribution in [2.45, 2.75) is 19.8 Å². The molecule has 0 saturated heterocycles. The highest BCUT2D eigenvalue weighted by atomic mass is 16.1. The predicted octanol–water partition coefficient (Wildman–Crippen LogP) is 4.58. The Bertz CT molecular complexity index is 564. The van der Waals surface area contributed by atoms with Crippen LogP contribution in [0.15, 0.2) is 54.6 Å². The quantitative estimate of drug-likeness (QED) is 0.726. The number of hydrogen-bond donors (Lipinski definition) is 0. The molecule has 0 aromatic heterocycles. The first kappa shape index (κ1) is 12.2. The number of rotatable bonds is 4. The lowest BCUT2D eigenvalue weighted by Gasteiger charge is -2.09. The Kier molecular flexibility index (Phi) is 3.20. The summed E-state index contributed by atoms with van der Waals surface area (Å²) < 4.78 is 0. The van der Waals surface area contributed by atoms with E-state index >= 15 is 0 Å². The van der Waals surface area contributed by atoms with Gasteiger partial charge in [0.2, 0.25) is 0 Å². The molecule has 96 valence electrons. The van der Waals surface area contributed by atoms with E-state index in [1.54, 1.807) is 0 Å². The van der Waals surface area contributed by atoms with E-state index in [2.05, 4.69) is 19.1 Å². The maximum absolute atomic E-state index is 12.3. The second-order valence-electron chi connectivity index (χ2n) is 5.43. The number of benzene rings is 2. The third kappa shape index (κ3) is 2.60. The molecule has 1 aliphatic carbocycles. The van der Waals surface area contributed by atoms with Crippen LogP contribution in [-0.2, 0) is 0 Å². The van der Waals surface area contributed by atoms with Crippen molar-refractivity contribution in [2.24, 2.45) is 11.8 Å². The minimum absolute atomic E-state index is 0.183. The molecule has 1 unspecified atom stereocenters. The van der Waals surface area contributed by atoms with Gasteiger partial charge in [0, 0.05) is 11.5 Å². The van der Waals surface area contributed by atoms with Gasteiger partial charge in [-0.2, -0.15) is 0 Å². The maximum Gasteiger partial charge on any atom is 0.165 e. The van der Waals surface area contributed by atoms with Crippen LogP contribution in [0, 0.1) is 11.8 Å². The van der Waals surface area contributed by atoms with E-state index in [0.29, 0.717) is 11.7 Å². The van der Waals surface area contributed by atoms with Crippen LogP contribution < -0.4 is 0 Å². The summed E-state index contributed by atoms with van der Waals surface area (Å²) in [5.74, 6) is 1.10. The van der Waals surface area contributed by atoms with E-state index in [1.165, 1.54) is 18.4 Å². The second-order valence-corrected chi connectivity index (χ2v) is 5.43. The Labute approximate surface area is 114 Å². The number of Topliss-reactive ketones (excluding diaryl/α,β-unsaturated/α-hetero) is 1. The summed E-state index contributed by atoms with van der Waals surface area (Å²) >= 11 is 0. The molecule has 0 aliphatic heterocycles. The van der Waals surface area contributed by atoms with E-state index in [9.17, 15) is 4.79 Å². The van der Waals surface area contributed by atoms with E-state index in [-0.39, 0.29) is 5.92 Å². The van der Waals surface area contributed by atoms with Gasteiger partial charge in [-0.05, 0) is 29.9 Å². The molecule has 1 nitrogen and oxygen atoms in total. The average molecular weight is 250 g/mol. The van der Waals surface area contributed by atoms with Gasteiger partial charge in [0.1, 0.15) is 0 Å². The van der Waals surface area contributed by atoms with Gasteiger partial charge in [-0.15, -0.1) is 0 Å². The number of carbonyl (C=O) groups excluding carboxylic acids is 1. The molecule has 3 rings (SSSR count). The molecule has 0 bridgehead atoms. The van der Waals surface area contributed by atoms with Crippen LogP contribution in [0.5, 0.6) is 0 Å². The van der Waals surface area contributed by atoms with Crippen molar-refractivity contribution in [3.8, 4) is 11.1 Å². The smallest absolute Gasteiger partial charge is 0.165 e. The number of ketones is 1.